The number of hydrogen-bond acceptors (Lipinski definition) is 0. The molecule has 0 heterocycles. The zero-order valence-corrected chi connectivity index (χ0v) is 10.1. The van der Waals surface area contributed by atoms with Crippen molar-refractivity contribution in [1.82, 2.24) is 0 Å². The largest absolute Gasteiger partial charge is 0.0654 e. The first-order valence-electron chi connectivity index (χ1n) is 6.04. The van der Waals surface area contributed by atoms with E-state index in [2.05, 4.69) is 34.6 Å². The van der Waals surface area contributed by atoms with Crippen molar-refractivity contribution in [3.63, 3.8) is 0 Å². The van der Waals surface area contributed by atoms with Crippen LogP contribution in [0.4, 0.5) is 0 Å². The Morgan fingerprint density at radius 1 is 1.31 bits per heavy atom. The summed E-state index contributed by atoms with van der Waals surface area (Å²) in [5.41, 5.74) is 0.711. The Morgan fingerprint density at radius 2 is 1.92 bits per heavy atom. The SMILES string of the molecule is CCCC1(C(C)C(C)C)CCC1C. The first-order valence-corrected chi connectivity index (χ1v) is 6.04. The van der Waals surface area contributed by atoms with Gasteiger partial charge in [0.05, 0.1) is 0 Å². The van der Waals surface area contributed by atoms with Crippen LogP contribution in [-0.4, -0.2) is 0 Å². The average molecular weight is 182 g/mol. The minimum absolute atomic E-state index is 0.711. The summed E-state index contributed by atoms with van der Waals surface area (Å²) >= 11 is 0. The van der Waals surface area contributed by atoms with Crippen molar-refractivity contribution in [3.05, 3.63) is 0 Å². The van der Waals surface area contributed by atoms with Gasteiger partial charge in [-0.15, -0.1) is 0 Å². The van der Waals surface area contributed by atoms with Gasteiger partial charge in [-0.3, -0.25) is 0 Å². The van der Waals surface area contributed by atoms with Gasteiger partial charge < -0.3 is 0 Å². The summed E-state index contributed by atoms with van der Waals surface area (Å²) in [6, 6.07) is 0. The van der Waals surface area contributed by atoms with Crippen molar-refractivity contribution in [1.29, 1.82) is 0 Å². The molecule has 0 aromatic heterocycles. The zero-order valence-electron chi connectivity index (χ0n) is 10.1. The summed E-state index contributed by atoms with van der Waals surface area (Å²) in [4.78, 5) is 0. The Kier molecular flexibility index (Phi) is 3.43. The molecular formula is C13H26. The third-order valence-electron chi connectivity index (χ3n) is 4.65. The van der Waals surface area contributed by atoms with Crippen molar-refractivity contribution < 1.29 is 0 Å². The van der Waals surface area contributed by atoms with Gasteiger partial charge in [0, 0.05) is 0 Å². The molecule has 3 atom stereocenters. The smallest absolute Gasteiger partial charge is 0.0244 e. The molecule has 0 amide bonds. The summed E-state index contributed by atoms with van der Waals surface area (Å²) < 4.78 is 0. The Balaban J connectivity index is 2.67. The molecule has 0 saturated heterocycles. The highest BCUT2D eigenvalue weighted by Gasteiger charge is 2.47. The van der Waals surface area contributed by atoms with Crippen LogP contribution in [0.5, 0.6) is 0 Å². The number of hydrogen-bond donors (Lipinski definition) is 0. The molecule has 1 aliphatic carbocycles. The van der Waals surface area contributed by atoms with Crippen molar-refractivity contribution in [2.24, 2.45) is 23.2 Å². The highest BCUT2D eigenvalue weighted by atomic mass is 14.5. The van der Waals surface area contributed by atoms with Gasteiger partial charge in [-0.05, 0) is 42.4 Å². The fraction of sp³-hybridized carbons (Fsp3) is 1.00. The Hall–Kier alpha value is 0. The Labute approximate surface area is 84.1 Å². The highest BCUT2D eigenvalue weighted by Crippen LogP contribution is 2.56. The predicted octanol–water partition coefficient (Wildman–Crippen LogP) is 4.49. The zero-order chi connectivity index (χ0) is 10.1. The normalized spacial score (nSPS) is 36.0. The molecule has 0 spiro atoms. The minimum Gasteiger partial charge on any atom is -0.0654 e. The molecule has 78 valence electrons. The van der Waals surface area contributed by atoms with Gasteiger partial charge >= 0.3 is 0 Å². The molecule has 0 aromatic rings. The van der Waals surface area contributed by atoms with Gasteiger partial charge in [-0.1, -0.05) is 41.0 Å². The van der Waals surface area contributed by atoms with E-state index in [4.69, 9.17) is 0 Å². The first-order chi connectivity index (χ1) is 6.04. The molecule has 3 unspecified atom stereocenters. The summed E-state index contributed by atoms with van der Waals surface area (Å²) in [7, 11) is 0. The van der Waals surface area contributed by atoms with Crippen LogP contribution in [0, 0.1) is 23.2 Å². The van der Waals surface area contributed by atoms with Gasteiger partial charge in [0.2, 0.25) is 0 Å². The lowest BCUT2D eigenvalue weighted by Crippen LogP contribution is -2.45. The second-order valence-electron chi connectivity index (χ2n) is 5.46. The van der Waals surface area contributed by atoms with Gasteiger partial charge in [0.15, 0.2) is 0 Å². The number of rotatable bonds is 4. The van der Waals surface area contributed by atoms with Crippen LogP contribution in [0.25, 0.3) is 0 Å². The van der Waals surface area contributed by atoms with E-state index in [0.717, 1.165) is 17.8 Å². The molecule has 1 saturated carbocycles. The van der Waals surface area contributed by atoms with E-state index in [1.165, 1.54) is 25.7 Å². The van der Waals surface area contributed by atoms with Crippen molar-refractivity contribution in [3.8, 4) is 0 Å². The van der Waals surface area contributed by atoms with Crippen LogP contribution >= 0.6 is 0 Å². The average Bonchev–Trinajstić information content (AvgIpc) is 2.10. The van der Waals surface area contributed by atoms with E-state index in [9.17, 15) is 0 Å². The lowest BCUT2D eigenvalue weighted by Gasteiger charge is -2.54. The first kappa shape index (κ1) is 11.1. The summed E-state index contributed by atoms with van der Waals surface area (Å²) in [6.45, 7) is 12.0. The third kappa shape index (κ3) is 1.78. The molecule has 1 rings (SSSR count). The van der Waals surface area contributed by atoms with Crippen LogP contribution in [0.1, 0.15) is 60.3 Å². The van der Waals surface area contributed by atoms with E-state index in [-0.39, 0.29) is 0 Å². The van der Waals surface area contributed by atoms with E-state index in [1.807, 2.05) is 0 Å². The molecule has 0 radical (unpaired) electrons. The maximum Gasteiger partial charge on any atom is -0.0244 e. The molecule has 1 fully saturated rings. The van der Waals surface area contributed by atoms with Crippen molar-refractivity contribution in [2.75, 3.05) is 0 Å². The second-order valence-corrected chi connectivity index (χ2v) is 5.46. The molecule has 0 N–H and O–H groups in total. The van der Waals surface area contributed by atoms with Crippen LogP contribution in [0.2, 0.25) is 0 Å². The highest BCUT2D eigenvalue weighted by molar-refractivity contribution is 4.97. The topological polar surface area (TPSA) is 0 Å². The standard InChI is InChI=1S/C13H26/c1-6-8-13(9-7-11(13)4)12(5)10(2)3/h10-12H,6-9H2,1-5H3. The molecule has 0 bridgehead atoms. The van der Waals surface area contributed by atoms with Crippen LogP contribution in [0.15, 0.2) is 0 Å². The molecule has 0 heteroatoms. The van der Waals surface area contributed by atoms with E-state index < -0.39 is 0 Å². The molecule has 13 heavy (non-hydrogen) atoms. The van der Waals surface area contributed by atoms with Gasteiger partial charge in [0.25, 0.3) is 0 Å². The van der Waals surface area contributed by atoms with Gasteiger partial charge in [-0.25, -0.2) is 0 Å². The van der Waals surface area contributed by atoms with Crippen LogP contribution in [0.3, 0.4) is 0 Å². The lowest BCUT2D eigenvalue weighted by atomic mass is 9.51. The van der Waals surface area contributed by atoms with E-state index >= 15 is 0 Å². The molecule has 0 aromatic carbocycles. The summed E-state index contributed by atoms with van der Waals surface area (Å²) in [5, 5.41) is 0. The van der Waals surface area contributed by atoms with E-state index in [1.54, 1.807) is 0 Å². The Bertz CT molecular complexity index is 159. The monoisotopic (exact) mass is 182 g/mol. The van der Waals surface area contributed by atoms with Crippen molar-refractivity contribution in [2.45, 2.75) is 60.3 Å². The Morgan fingerprint density at radius 3 is 2.15 bits per heavy atom. The summed E-state index contributed by atoms with van der Waals surface area (Å²) in [5.74, 6) is 2.75. The third-order valence-corrected chi connectivity index (χ3v) is 4.65. The maximum atomic E-state index is 2.47. The molecule has 0 aliphatic heterocycles. The minimum atomic E-state index is 0.711. The molecular weight excluding hydrogens is 156 g/mol. The predicted molar refractivity (Wildman–Crippen MR) is 59.7 cm³/mol. The fourth-order valence-electron chi connectivity index (χ4n) is 3.21. The molecule has 1 aliphatic rings. The lowest BCUT2D eigenvalue weighted by molar-refractivity contribution is -0.0424. The fourth-order valence-corrected chi connectivity index (χ4v) is 3.21. The quantitative estimate of drug-likeness (QED) is 0.600. The van der Waals surface area contributed by atoms with E-state index in [0.29, 0.717) is 5.41 Å². The van der Waals surface area contributed by atoms with Crippen LogP contribution in [-0.2, 0) is 0 Å². The second kappa shape index (κ2) is 4.02. The molecule has 0 nitrogen and oxygen atoms in total. The van der Waals surface area contributed by atoms with Crippen LogP contribution < -0.4 is 0 Å². The van der Waals surface area contributed by atoms with Gasteiger partial charge in [0.1, 0.15) is 0 Å². The van der Waals surface area contributed by atoms with Crippen molar-refractivity contribution >= 4 is 0 Å². The summed E-state index contributed by atoms with van der Waals surface area (Å²) in [6.07, 6.45) is 5.77. The maximum absolute atomic E-state index is 2.47. The van der Waals surface area contributed by atoms with Gasteiger partial charge in [-0.2, -0.15) is 0 Å².